The van der Waals surface area contributed by atoms with Gasteiger partial charge in [-0.2, -0.15) is 0 Å². The number of ether oxygens (including phenoxy) is 1. The highest BCUT2D eigenvalue weighted by Gasteiger charge is 2.17. The van der Waals surface area contributed by atoms with Crippen molar-refractivity contribution in [3.05, 3.63) is 89.0 Å². The molecular weight excluding hydrogens is 368 g/mol. The molecule has 3 aromatic rings. The maximum atomic E-state index is 12.9. The van der Waals surface area contributed by atoms with E-state index in [4.69, 9.17) is 9.15 Å². The average Bonchev–Trinajstić information content (AvgIpc) is 3.21. The highest BCUT2D eigenvalue weighted by Crippen LogP contribution is 2.25. The third-order valence-corrected chi connectivity index (χ3v) is 4.24. The van der Waals surface area contributed by atoms with E-state index in [1.807, 2.05) is 32.0 Å². The summed E-state index contributed by atoms with van der Waals surface area (Å²) >= 11 is 0. The summed E-state index contributed by atoms with van der Waals surface area (Å²) in [5, 5.41) is 5.46. The van der Waals surface area contributed by atoms with Crippen LogP contribution in [0.15, 0.2) is 71.0 Å². The molecule has 1 heterocycles. The van der Waals surface area contributed by atoms with Gasteiger partial charge in [0.25, 0.3) is 11.8 Å². The minimum absolute atomic E-state index is 0.0501. The van der Waals surface area contributed by atoms with Gasteiger partial charge in [0.15, 0.2) is 0 Å². The lowest BCUT2D eigenvalue weighted by atomic mass is 10.1. The van der Waals surface area contributed by atoms with Crippen LogP contribution in [0.2, 0.25) is 0 Å². The molecule has 29 heavy (non-hydrogen) atoms. The first-order valence-electron chi connectivity index (χ1n) is 9.05. The highest BCUT2D eigenvalue weighted by molar-refractivity contribution is 6.11. The lowest BCUT2D eigenvalue weighted by molar-refractivity contribution is -0.113. The van der Waals surface area contributed by atoms with Crippen LogP contribution >= 0.6 is 0 Å². The van der Waals surface area contributed by atoms with E-state index in [2.05, 4.69) is 10.6 Å². The molecule has 2 N–H and O–H groups in total. The Balaban J connectivity index is 1.87. The predicted octanol–water partition coefficient (Wildman–Crippen LogP) is 4.31. The number of nitrogens with one attached hydrogen (secondary N) is 2. The monoisotopic (exact) mass is 390 g/mol. The van der Waals surface area contributed by atoms with Crippen LogP contribution in [0.4, 0.5) is 5.69 Å². The first-order chi connectivity index (χ1) is 14.0. The number of methoxy groups -OCH3 is 1. The van der Waals surface area contributed by atoms with Gasteiger partial charge >= 0.3 is 0 Å². The SMILES string of the molecule is COc1ccc(C)cc1NC(=O)/C(=C/c1ccco1)NC(=O)c1ccc(C)cc1. The molecule has 0 saturated carbocycles. The molecule has 0 aliphatic carbocycles. The number of aryl methyl sites for hydroxylation is 2. The third-order valence-electron chi connectivity index (χ3n) is 4.24. The summed E-state index contributed by atoms with van der Waals surface area (Å²) < 4.78 is 10.6. The van der Waals surface area contributed by atoms with Gasteiger partial charge < -0.3 is 19.8 Å². The first kappa shape index (κ1) is 19.9. The van der Waals surface area contributed by atoms with Gasteiger partial charge in [0.1, 0.15) is 17.2 Å². The van der Waals surface area contributed by atoms with Crippen LogP contribution in [0.25, 0.3) is 6.08 Å². The molecule has 0 unspecified atom stereocenters. The van der Waals surface area contributed by atoms with E-state index in [-0.39, 0.29) is 5.70 Å². The zero-order valence-electron chi connectivity index (χ0n) is 16.5. The number of anilines is 1. The lowest BCUT2D eigenvalue weighted by Crippen LogP contribution is -2.30. The molecule has 0 spiro atoms. The molecule has 0 radical (unpaired) electrons. The molecule has 0 fully saturated rings. The molecule has 3 rings (SSSR count). The molecular formula is C23H22N2O4. The van der Waals surface area contributed by atoms with Crippen molar-refractivity contribution in [3.8, 4) is 5.75 Å². The average molecular weight is 390 g/mol. The molecule has 0 bridgehead atoms. The van der Waals surface area contributed by atoms with Crippen molar-refractivity contribution >= 4 is 23.6 Å². The molecule has 2 amide bonds. The maximum absolute atomic E-state index is 12.9. The molecule has 1 aromatic heterocycles. The fourth-order valence-electron chi connectivity index (χ4n) is 2.68. The van der Waals surface area contributed by atoms with Gasteiger partial charge in [-0.15, -0.1) is 0 Å². The first-order valence-corrected chi connectivity index (χ1v) is 9.05. The van der Waals surface area contributed by atoms with Crippen molar-refractivity contribution < 1.29 is 18.7 Å². The minimum Gasteiger partial charge on any atom is -0.495 e. The number of rotatable bonds is 6. The summed E-state index contributed by atoms with van der Waals surface area (Å²) in [7, 11) is 1.53. The molecule has 6 nitrogen and oxygen atoms in total. The minimum atomic E-state index is -0.495. The Morgan fingerprint density at radius 1 is 1.00 bits per heavy atom. The van der Waals surface area contributed by atoms with Crippen LogP contribution < -0.4 is 15.4 Å². The second kappa shape index (κ2) is 8.93. The molecule has 0 atom stereocenters. The maximum Gasteiger partial charge on any atom is 0.272 e. The Morgan fingerprint density at radius 3 is 2.38 bits per heavy atom. The summed E-state index contributed by atoms with van der Waals surface area (Å²) in [6.45, 7) is 3.85. The van der Waals surface area contributed by atoms with Crippen LogP contribution in [-0.4, -0.2) is 18.9 Å². The van der Waals surface area contributed by atoms with Gasteiger partial charge in [-0.25, -0.2) is 0 Å². The fourth-order valence-corrected chi connectivity index (χ4v) is 2.68. The largest absolute Gasteiger partial charge is 0.495 e. The summed E-state index contributed by atoms with van der Waals surface area (Å²) in [5.74, 6) is 0.0710. The van der Waals surface area contributed by atoms with Crippen LogP contribution in [0.5, 0.6) is 5.75 Å². The zero-order valence-corrected chi connectivity index (χ0v) is 16.5. The van der Waals surface area contributed by atoms with Gasteiger partial charge in [0.2, 0.25) is 0 Å². The summed E-state index contributed by atoms with van der Waals surface area (Å²) in [6, 6.07) is 15.9. The Labute approximate surface area is 169 Å². The number of amides is 2. The fraction of sp³-hybridized carbons (Fsp3) is 0.130. The Bertz CT molecular complexity index is 1040. The smallest absolute Gasteiger partial charge is 0.272 e. The Morgan fingerprint density at radius 2 is 1.72 bits per heavy atom. The van der Waals surface area contributed by atoms with Crippen molar-refractivity contribution in [2.75, 3.05) is 12.4 Å². The standard InChI is InChI=1S/C23H22N2O4/c1-15-6-9-17(10-7-15)22(26)25-20(14-18-5-4-12-29-18)23(27)24-19-13-16(2)8-11-21(19)28-3/h4-14H,1-3H3,(H,24,27)(H,25,26)/b20-14-. The normalized spacial score (nSPS) is 11.1. The Hall–Kier alpha value is -3.80. The number of hydrogen-bond donors (Lipinski definition) is 2. The Kier molecular flexibility index (Phi) is 6.14. The quantitative estimate of drug-likeness (QED) is 0.615. The number of carbonyl (C=O) groups is 2. The van der Waals surface area contributed by atoms with E-state index in [1.165, 1.54) is 19.4 Å². The summed E-state index contributed by atoms with van der Waals surface area (Å²) in [6.07, 6.45) is 2.97. The lowest BCUT2D eigenvalue weighted by Gasteiger charge is -2.14. The van der Waals surface area contributed by atoms with Crippen LogP contribution in [0.3, 0.4) is 0 Å². The van der Waals surface area contributed by atoms with E-state index in [0.717, 1.165) is 11.1 Å². The van der Waals surface area contributed by atoms with Crippen molar-refractivity contribution in [1.29, 1.82) is 0 Å². The predicted molar refractivity (Wildman–Crippen MR) is 112 cm³/mol. The number of hydrogen-bond acceptors (Lipinski definition) is 4. The van der Waals surface area contributed by atoms with Crippen LogP contribution in [-0.2, 0) is 4.79 Å². The molecule has 2 aromatic carbocycles. The van der Waals surface area contributed by atoms with Gasteiger partial charge in [0.05, 0.1) is 19.1 Å². The molecule has 148 valence electrons. The van der Waals surface area contributed by atoms with Crippen molar-refractivity contribution in [2.45, 2.75) is 13.8 Å². The van der Waals surface area contributed by atoms with Gasteiger partial charge in [-0.05, 0) is 55.8 Å². The summed E-state index contributed by atoms with van der Waals surface area (Å²) in [5.41, 5.74) is 3.00. The van der Waals surface area contributed by atoms with E-state index < -0.39 is 11.8 Å². The van der Waals surface area contributed by atoms with Crippen LogP contribution in [0.1, 0.15) is 27.2 Å². The molecule has 6 heteroatoms. The van der Waals surface area contributed by atoms with Crippen molar-refractivity contribution in [3.63, 3.8) is 0 Å². The number of furan rings is 1. The van der Waals surface area contributed by atoms with E-state index in [1.54, 1.807) is 36.4 Å². The topological polar surface area (TPSA) is 80.6 Å². The third kappa shape index (κ3) is 5.13. The van der Waals surface area contributed by atoms with E-state index >= 15 is 0 Å². The van der Waals surface area contributed by atoms with Gasteiger partial charge in [-0.1, -0.05) is 23.8 Å². The van der Waals surface area contributed by atoms with E-state index in [9.17, 15) is 9.59 Å². The van der Waals surface area contributed by atoms with Gasteiger partial charge in [-0.3, -0.25) is 9.59 Å². The van der Waals surface area contributed by atoms with E-state index in [0.29, 0.717) is 22.8 Å². The molecule has 0 aliphatic rings. The second-order valence-corrected chi connectivity index (χ2v) is 6.55. The number of benzene rings is 2. The van der Waals surface area contributed by atoms with Gasteiger partial charge in [0, 0.05) is 11.6 Å². The van der Waals surface area contributed by atoms with Crippen molar-refractivity contribution in [1.82, 2.24) is 5.32 Å². The van der Waals surface area contributed by atoms with Crippen molar-refractivity contribution in [2.24, 2.45) is 0 Å². The zero-order chi connectivity index (χ0) is 20.8. The second-order valence-electron chi connectivity index (χ2n) is 6.55. The van der Waals surface area contributed by atoms with Crippen LogP contribution in [0, 0.1) is 13.8 Å². The number of carbonyl (C=O) groups excluding carboxylic acids is 2. The highest BCUT2D eigenvalue weighted by atomic mass is 16.5. The summed E-state index contributed by atoms with van der Waals surface area (Å²) in [4.78, 5) is 25.6. The molecule has 0 saturated heterocycles. The molecule has 0 aliphatic heterocycles.